The summed E-state index contributed by atoms with van der Waals surface area (Å²) >= 11 is 0. The molecular weight excluding hydrogens is 222 g/mol. The number of carbonyl (C=O) groups is 1. The van der Waals surface area contributed by atoms with Crippen molar-refractivity contribution in [2.75, 3.05) is 31.7 Å². The second-order valence-corrected chi connectivity index (χ2v) is 3.24. The summed E-state index contributed by atoms with van der Waals surface area (Å²) in [4.78, 5) is 21.4. The van der Waals surface area contributed by atoms with Gasteiger partial charge in [-0.15, -0.1) is 0 Å². The Balaban J connectivity index is 2.74. The Morgan fingerprint density at radius 2 is 2.18 bits per heavy atom. The maximum atomic E-state index is 11.4. The first-order chi connectivity index (χ1) is 8.21. The Labute approximate surface area is 101 Å². The fraction of sp³-hybridized carbons (Fsp3) is 0.545. The monoisotopic (exact) mass is 239 g/mol. The second kappa shape index (κ2) is 6.67. The molecule has 0 radical (unpaired) electrons. The van der Waals surface area contributed by atoms with E-state index in [9.17, 15) is 4.79 Å². The van der Waals surface area contributed by atoms with E-state index in [4.69, 9.17) is 9.47 Å². The van der Waals surface area contributed by atoms with Gasteiger partial charge in [-0.05, 0) is 13.8 Å². The smallest absolute Gasteiger partial charge is 0.325 e. The van der Waals surface area contributed by atoms with Gasteiger partial charge in [-0.1, -0.05) is 0 Å². The third-order valence-corrected chi connectivity index (χ3v) is 2.14. The number of hydrogen-bond donors (Lipinski definition) is 0. The molecule has 1 aromatic heterocycles. The SMILES string of the molecule is CCOC(=O)CN(CC)c1cncc(OC)n1. The number of methoxy groups -OCH3 is 1. The van der Waals surface area contributed by atoms with E-state index in [0.29, 0.717) is 24.8 Å². The average molecular weight is 239 g/mol. The number of anilines is 1. The van der Waals surface area contributed by atoms with Crippen molar-refractivity contribution in [2.24, 2.45) is 0 Å². The van der Waals surface area contributed by atoms with Gasteiger partial charge >= 0.3 is 5.97 Å². The van der Waals surface area contributed by atoms with Crippen LogP contribution in [0, 0.1) is 0 Å². The molecule has 0 aliphatic carbocycles. The number of aromatic nitrogens is 2. The minimum Gasteiger partial charge on any atom is -0.480 e. The molecule has 0 fully saturated rings. The highest BCUT2D eigenvalue weighted by molar-refractivity contribution is 5.75. The summed E-state index contributed by atoms with van der Waals surface area (Å²) in [6.45, 7) is 4.88. The molecule has 1 heterocycles. The molecule has 0 aliphatic rings. The Morgan fingerprint density at radius 1 is 1.41 bits per heavy atom. The largest absolute Gasteiger partial charge is 0.480 e. The lowest BCUT2D eigenvalue weighted by Crippen LogP contribution is -2.31. The van der Waals surface area contributed by atoms with Gasteiger partial charge in [-0.2, -0.15) is 4.98 Å². The van der Waals surface area contributed by atoms with Crippen molar-refractivity contribution in [1.29, 1.82) is 0 Å². The van der Waals surface area contributed by atoms with Gasteiger partial charge in [0, 0.05) is 6.54 Å². The molecule has 17 heavy (non-hydrogen) atoms. The predicted octanol–water partition coefficient (Wildman–Crippen LogP) is 0.875. The number of rotatable bonds is 6. The van der Waals surface area contributed by atoms with Crippen LogP contribution in [-0.4, -0.2) is 42.7 Å². The van der Waals surface area contributed by atoms with Crippen LogP contribution in [0.3, 0.4) is 0 Å². The summed E-state index contributed by atoms with van der Waals surface area (Å²) in [6.07, 6.45) is 3.10. The molecule has 0 bridgehead atoms. The lowest BCUT2D eigenvalue weighted by molar-refractivity contribution is -0.141. The zero-order valence-corrected chi connectivity index (χ0v) is 10.3. The van der Waals surface area contributed by atoms with Crippen LogP contribution in [0.4, 0.5) is 5.82 Å². The molecule has 0 N–H and O–H groups in total. The van der Waals surface area contributed by atoms with Crippen LogP contribution in [0.15, 0.2) is 12.4 Å². The van der Waals surface area contributed by atoms with Crippen LogP contribution in [0.1, 0.15) is 13.8 Å². The van der Waals surface area contributed by atoms with E-state index in [1.807, 2.05) is 6.92 Å². The van der Waals surface area contributed by atoms with Gasteiger partial charge in [-0.3, -0.25) is 9.78 Å². The van der Waals surface area contributed by atoms with Gasteiger partial charge in [0.2, 0.25) is 5.88 Å². The molecule has 6 heteroatoms. The first-order valence-electron chi connectivity index (χ1n) is 5.47. The highest BCUT2D eigenvalue weighted by Gasteiger charge is 2.12. The quantitative estimate of drug-likeness (QED) is 0.686. The maximum absolute atomic E-state index is 11.4. The Kier molecular flexibility index (Phi) is 5.19. The van der Waals surface area contributed by atoms with Crippen LogP contribution in [0.5, 0.6) is 5.88 Å². The van der Waals surface area contributed by atoms with E-state index >= 15 is 0 Å². The molecule has 0 amide bonds. The number of likely N-dealkylation sites (N-methyl/N-ethyl adjacent to an activating group) is 1. The molecule has 6 nitrogen and oxygen atoms in total. The standard InChI is InChI=1S/C11H17N3O3/c1-4-14(8-11(15)17-5-2)9-6-12-7-10(13-9)16-3/h6-7H,4-5,8H2,1-3H3. The first-order valence-corrected chi connectivity index (χ1v) is 5.47. The van der Waals surface area contributed by atoms with Crippen LogP contribution < -0.4 is 9.64 Å². The Bertz CT molecular complexity index is 371. The molecule has 1 rings (SSSR count). The van der Waals surface area contributed by atoms with Crippen molar-refractivity contribution in [2.45, 2.75) is 13.8 Å². The van der Waals surface area contributed by atoms with Crippen LogP contribution >= 0.6 is 0 Å². The van der Waals surface area contributed by atoms with E-state index in [1.165, 1.54) is 13.3 Å². The van der Waals surface area contributed by atoms with Crippen molar-refractivity contribution in [3.63, 3.8) is 0 Å². The van der Waals surface area contributed by atoms with E-state index in [-0.39, 0.29) is 12.5 Å². The minimum atomic E-state index is -0.279. The Hall–Kier alpha value is -1.85. The van der Waals surface area contributed by atoms with Gasteiger partial charge in [0.25, 0.3) is 0 Å². The van der Waals surface area contributed by atoms with E-state index < -0.39 is 0 Å². The fourth-order valence-electron chi connectivity index (χ4n) is 1.31. The number of hydrogen-bond acceptors (Lipinski definition) is 6. The summed E-state index contributed by atoms with van der Waals surface area (Å²) in [5, 5.41) is 0. The van der Waals surface area contributed by atoms with Crippen molar-refractivity contribution in [3.05, 3.63) is 12.4 Å². The molecule has 0 spiro atoms. The molecule has 0 atom stereocenters. The summed E-state index contributed by atoms with van der Waals surface area (Å²) in [5.74, 6) is 0.740. The Morgan fingerprint density at radius 3 is 2.76 bits per heavy atom. The number of carbonyl (C=O) groups excluding carboxylic acids is 1. The zero-order chi connectivity index (χ0) is 12.7. The molecule has 0 saturated carbocycles. The third kappa shape index (κ3) is 3.90. The number of nitrogens with zero attached hydrogens (tertiary/aromatic N) is 3. The highest BCUT2D eigenvalue weighted by atomic mass is 16.5. The molecule has 1 aromatic rings. The zero-order valence-electron chi connectivity index (χ0n) is 10.3. The lowest BCUT2D eigenvalue weighted by atomic mass is 10.4. The van der Waals surface area contributed by atoms with Crippen LogP contribution in [0.25, 0.3) is 0 Å². The van der Waals surface area contributed by atoms with Crippen molar-refractivity contribution < 1.29 is 14.3 Å². The summed E-state index contributed by atoms with van der Waals surface area (Å²) in [6, 6.07) is 0. The lowest BCUT2D eigenvalue weighted by Gasteiger charge is -2.20. The van der Waals surface area contributed by atoms with Crippen molar-refractivity contribution >= 4 is 11.8 Å². The van der Waals surface area contributed by atoms with Crippen LogP contribution in [-0.2, 0) is 9.53 Å². The van der Waals surface area contributed by atoms with E-state index in [1.54, 1.807) is 18.0 Å². The number of ether oxygens (including phenoxy) is 2. The maximum Gasteiger partial charge on any atom is 0.325 e. The second-order valence-electron chi connectivity index (χ2n) is 3.24. The average Bonchev–Trinajstić information content (AvgIpc) is 2.36. The molecule has 0 aromatic carbocycles. The van der Waals surface area contributed by atoms with Gasteiger partial charge in [0.15, 0.2) is 5.82 Å². The molecule has 0 aliphatic heterocycles. The minimum absolute atomic E-state index is 0.159. The first kappa shape index (κ1) is 13.2. The van der Waals surface area contributed by atoms with Gasteiger partial charge in [0.05, 0.1) is 26.1 Å². The molecule has 0 saturated heterocycles. The predicted molar refractivity (Wildman–Crippen MR) is 63.1 cm³/mol. The number of esters is 1. The molecule has 0 unspecified atom stereocenters. The third-order valence-electron chi connectivity index (χ3n) is 2.14. The summed E-state index contributed by atoms with van der Waals surface area (Å²) in [7, 11) is 1.52. The van der Waals surface area contributed by atoms with Gasteiger partial charge < -0.3 is 14.4 Å². The van der Waals surface area contributed by atoms with Gasteiger partial charge in [-0.25, -0.2) is 0 Å². The molecular formula is C11H17N3O3. The van der Waals surface area contributed by atoms with E-state index in [2.05, 4.69) is 9.97 Å². The fourth-order valence-corrected chi connectivity index (χ4v) is 1.31. The van der Waals surface area contributed by atoms with Crippen LogP contribution in [0.2, 0.25) is 0 Å². The topological polar surface area (TPSA) is 64.5 Å². The van der Waals surface area contributed by atoms with Crippen molar-refractivity contribution in [3.8, 4) is 5.88 Å². The van der Waals surface area contributed by atoms with Gasteiger partial charge in [0.1, 0.15) is 6.54 Å². The van der Waals surface area contributed by atoms with Crippen molar-refractivity contribution in [1.82, 2.24) is 9.97 Å². The highest BCUT2D eigenvalue weighted by Crippen LogP contribution is 2.13. The molecule has 94 valence electrons. The summed E-state index contributed by atoms with van der Waals surface area (Å²) < 4.78 is 9.88. The summed E-state index contributed by atoms with van der Waals surface area (Å²) in [5.41, 5.74) is 0. The van der Waals surface area contributed by atoms with E-state index in [0.717, 1.165) is 0 Å². The normalized spacial score (nSPS) is 9.82.